The molecule has 0 fully saturated rings. The third kappa shape index (κ3) is 3.59. The zero-order valence-electron chi connectivity index (χ0n) is 18.7. The van der Waals surface area contributed by atoms with Gasteiger partial charge in [-0.15, -0.1) is 0 Å². The van der Waals surface area contributed by atoms with E-state index in [0.717, 1.165) is 27.8 Å². The number of nitrogens with zero attached hydrogens (tertiary/aromatic N) is 6. The van der Waals surface area contributed by atoms with Crippen LogP contribution in [0.15, 0.2) is 67.1 Å². The third-order valence-corrected chi connectivity index (χ3v) is 5.76. The Labute approximate surface area is 190 Å². The Morgan fingerprint density at radius 3 is 2.61 bits per heavy atom. The van der Waals surface area contributed by atoms with Crippen LogP contribution in [0.3, 0.4) is 0 Å². The second kappa shape index (κ2) is 8.05. The second-order valence-electron chi connectivity index (χ2n) is 8.36. The second-order valence-corrected chi connectivity index (χ2v) is 8.36. The number of fused-ring (bicyclic) bond motifs is 2. The number of hydrogen-bond donors (Lipinski definition) is 1. The quantitative estimate of drug-likeness (QED) is 0.413. The Kier molecular flexibility index (Phi) is 5.05. The standard InChI is InChI=1S/C25H24N6O2/c1-16(2)30-15-19(18-10-7-11-26-23(18)30)20-12-21(29(3)14-17-8-5-4-6-9-17)24-27-13-22(25(32)33)31(24)28-20/h4-13,15-16H,14H2,1-3H3,(H,32,33). The van der Waals surface area contributed by atoms with Crippen molar-refractivity contribution in [1.29, 1.82) is 0 Å². The Morgan fingerprint density at radius 2 is 1.88 bits per heavy atom. The van der Waals surface area contributed by atoms with E-state index in [-0.39, 0.29) is 11.7 Å². The molecule has 0 saturated heterocycles. The van der Waals surface area contributed by atoms with Gasteiger partial charge in [0, 0.05) is 43.0 Å². The van der Waals surface area contributed by atoms with Crippen molar-refractivity contribution in [3.63, 3.8) is 0 Å². The van der Waals surface area contributed by atoms with Crippen LogP contribution < -0.4 is 4.90 Å². The van der Waals surface area contributed by atoms with E-state index in [0.29, 0.717) is 17.9 Å². The molecule has 4 aromatic heterocycles. The molecule has 33 heavy (non-hydrogen) atoms. The first-order valence-corrected chi connectivity index (χ1v) is 10.8. The summed E-state index contributed by atoms with van der Waals surface area (Å²) >= 11 is 0. The Morgan fingerprint density at radius 1 is 1.09 bits per heavy atom. The first-order valence-electron chi connectivity index (χ1n) is 10.8. The first kappa shape index (κ1) is 20.7. The minimum atomic E-state index is -1.07. The van der Waals surface area contributed by atoms with Crippen molar-refractivity contribution in [1.82, 2.24) is 24.1 Å². The van der Waals surface area contributed by atoms with Crippen LogP contribution >= 0.6 is 0 Å². The largest absolute Gasteiger partial charge is 0.476 e. The van der Waals surface area contributed by atoms with Gasteiger partial charge in [0.15, 0.2) is 11.3 Å². The van der Waals surface area contributed by atoms with Gasteiger partial charge in [0.1, 0.15) is 5.65 Å². The maximum absolute atomic E-state index is 11.9. The lowest BCUT2D eigenvalue weighted by atomic mass is 10.1. The SMILES string of the molecule is CC(C)n1cc(-c2cc(N(C)Cc3ccccc3)c3ncc(C(=O)O)n3n2)c2cccnc21. The Bertz CT molecular complexity index is 1470. The van der Waals surface area contributed by atoms with Gasteiger partial charge in [0.25, 0.3) is 0 Å². The zero-order chi connectivity index (χ0) is 23.1. The number of carbonyl (C=O) groups is 1. The van der Waals surface area contributed by atoms with Crippen LogP contribution in [0, 0.1) is 0 Å². The van der Waals surface area contributed by atoms with Crippen LogP contribution in [0.5, 0.6) is 0 Å². The highest BCUT2D eigenvalue weighted by molar-refractivity contribution is 5.94. The molecule has 0 unspecified atom stereocenters. The molecule has 5 rings (SSSR count). The molecule has 8 nitrogen and oxygen atoms in total. The van der Waals surface area contributed by atoms with Gasteiger partial charge in [-0.3, -0.25) is 0 Å². The number of imidazole rings is 1. The molecule has 0 aliphatic rings. The summed E-state index contributed by atoms with van der Waals surface area (Å²) in [7, 11) is 1.97. The normalized spacial score (nSPS) is 11.5. The summed E-state index contributed by atoms with van der Waals surface area (Å²) in [4.78, 5) is 22.9. The zero-order valence-corrected chi connectivity index (χ0v) is 18.7. The summed E-state index contributed by atoms with van der Waals surface area (Å²) in [6.07, 6.45) is 5.17. The lowest BCUT2D eigenvalue weighted by Crippen LogP contribution is -2.18. The molecule has 0 spiro atoms. The number of aromatic carboxylic acids is 1. The Hall–Kier alpha value is -4.20. The molecule has 166 valence electrons. The van der Waals surface area contributed by atoms with Crippen LogP contribution in [-0.4, -0.2) is 42.3 Å². The number of carboxylic acid groups (broad SMARTS) is 1. The summed E-state index contributed by atoms with van der Waals surface area (Å²) < 4.78 is 3.53. The predicted molar refractivity (Wildman–Crippen MR) is 128 cm³/mol. The van der Waals surface area contributed by atoms with Crippen molar-refractivity contribution in [2.45, 2.75) is 26.4 Å². The molecule has 0 saturated carbocycles. The van der Waals surface area contributed by atoms with Gasteiger partial charge in [-0.2, -0.15) is 5.10 Å². The van der Waals surface area contributed by atoms with E-state index in [1.54, 1.807) is 6.20 Å². The number of pyridine rings is 1. The van der Waals surface area contributed by atoms with Crippen molar-refractivity contribution in [2.75, 3.05) is 11.9 Å². The fourth-order valence-electron chi connectivity index (χ4n) is 4.13. The minimum Gasteiger partial charge on any atom is -0.476 e. The van der Waals surface area contributed by atoms with Gasteiger partial charge in [-0.1, -0.05) is 30.3 Å². The molecule has 4 heterocycles. The molecule has 0 aliphatic heterocycles. The first-order chi connectivity index (χ1) is 15.9. The van der Waals surface area contributed by atoms with E-state index in [1.807, 2.05) is 49.6 Å². The summed E-state index contributed by atoms with van der Waals surface area (Å²) in [6.45, 7) is 4.85. The highest BCUT2D eigenvalue weighted by Crippen LogP contribution is 2.33. The van der Waals surface area contributed by atoms with E-state index in [1.165, 1.54) is 10.7 Å². The van der Waals surface area contributed by atoms with Crippen LogP contribution in [0.1, 0.15) is 35.9 Å². The van der Waals surface area contributed by atoms with Gasteiger partial charge < -0.3 is 14.6 Å². The summed E-state index contributed by atoms with van der Waals surface area (Å²) in [6, 6.07) is 16.2. The van der Waals surface area contributed by atoms with E-state index >= 15 is 0 Å². The highest BCUT2D eigenvalue weighted by atomic mass is 16.4. The van der Waals surface area contributed by atoms with E-state index in [9.17, 15) is 9.90 Å². The number of anilines is 1. The number of carboxylic acids is 1. The number of aromatic nitrogens is 5. The third-order valence-electron chi connectivity index (χ3n) is 5.76. The number of hydrogen-bond acceptors (Lipinski definition) is 5. The van der Waals surface area contributed by atoms with E-state index < -0.39 is 5.97 Å². The molecule has 5 aromatic rings. The fraction of sp³-hybridized carbons (Fsp3) is 0.200. The summed E-state index contributed by atoms with van der Waals surface area (Å²) in [5.41, 5.74) is 4.89. The van der Waals surface area contributed by atoms with Crippen molar-refractivity contribution >= 4 is 28.3 Å². The predicted octanol–water partition coefficient (Wildman–Crippen LogP) is 4.66. The van der Waals surface area contributed by atoms with Crippen LogP contribution in [0.25, 0.3) is 27.9 Å². The van der Waals surface area contributed by atoms with Gasteiger partial charge in [0.2, 0.25) is 0 Å². The molecule has 0 radical (unpaired) electrons. The molecule has 1 aromatic carbocycles. The average molecular weight is 441 g/mol. The molecule has 8 heteroatoms. The highest BCUT2D eigenvalue weighted by Gasteiger charge is 2.21. The van der Waals surface area contributed by atoms with Crippen molar-refractivity contribution in [3.05, 3.63) is 78.4 Å². The minimum absolute atomic E-state index is 0.0203. The van der Waals surface area contributed by atoms with Gasteiger partial charge in [-0.25, -0.2) is 19.3 Å². The molecule has 0 atom stereocenters. The smallest absolute Gasteiger partial charge is 0.356 e. The Balaban J connectivity index is 1.73. The van der Waals surface area contributed by atoms with Gasteiger partial charge in [-0.05, 0) is 37.6 Å². The number of benzene rings is 1. The molecule has 0 bridgehead atoms. The number of rotatable bonds is 6. The lowest BCUT2D eigenvalue weighted by Gasteiger charge is -2.20. The monoisotopic (exact) mass is 440 g/mol. The summed E-state index contributed by atoms with van der Waals surface area (Å²) in [5.74, 6) is -1.07. The lowest BCUT2D eigenvalue weighted by molar-refractivity contribution is 0.0688. The average Bonchev–Trinajstić information content (AvgIpc) is 3.41. The molecular formula is C25H24N6O2. The fourth-order valence-corrected chi connectivity index (χ4v) is 4.13. The van der Waals surface area contributed by atoms with Crippen LogP contribution in [0.2, 0.25) is 0 Å². The summed E-state index contributed by atoms with van der Waals surface area (Å²) in [5, 5.41) is 15.4. The molecular weight excluding hydrogens is 416 g/mol. The van der Waals surface area contributed by atoms with Crippen molar-refractivity contribution in [3.8, 4) is 11.3 Å². The van der Waals surface area contributed by atoms with Gasteiger partial charge >= 0.3 is 5.97 Å². The maximum Gasteiger partial charge on any atom is 0.356 e. The van der Waals surface area contributed by atoms with Crippen LogP contribution in [0.4, 0.5) is 5.69 Å². The van der Waals surface area contributed by atoms with Crippen molar-refractivity contribution in [2.24, 2.45) is 0 Å². The molecule has 0 aliphatic carbocycles. The van der Waals surface area contributed by atoms with Gasteiger partial charge in [0.05, 0.1) is 17.6 Å². The molecule has 0 amide bonds. The topological polar surface area (TPSA) is 88.5 Å². The maximum atomic E-state index is 11.9. The van der Waals surface area contributed by atoms with Crippen LogP contribution in [-0.2, 0) is 6.54 Å². The molecule has 1 N–H and O–H groups in total. The van der Waals surface area contributed by atoms with Crippen molar-refractivity contribution < 1.29 is 9.90 Å². The van der Waals surface area contributed by atoms with E-state index in [2.05, 4.69) is 45.4 Å². The van der Waals surface area contributed by atoms with E-state index in [4.69, 9.17) is 5.10 Å².